The van der Waals surface area contributed by atoms with Gasteiger partial charge in [0.05, 0.1) is 7.05 Å². The maximum atomic E-state index is 13.8. The van der Waals surface area contributed by atoms with Gasteiger partial charge in [0.25, 0.3) is 5.95 Å². The van der Waals surface area contributed by atoms with Gasteiger partial charge < -0.3 is 9.47 Å². The van der Waals surface area contributed by atoms with E-state index < -0.39 is 11.6 Å². The first-order valence-electron chi connectivity index (χ1n) is 10.1. The third kappa shape index (κ3) is 4.26. The van der Waals surface area contributed by atoms with Gasteiger partial charge in [-0.15, -0.1) is 5.10 Å². The van der Waals surface area contributed by atoms with Crippen molar-refractivity contribution in [3.8, 4) is 0 Å². The third-order valence-electron chi connectivity index (χ3n) is 5.24. The first kappa shape index (κ1) is 20.9. The van der Waals surface area contributed by atoms with Crippen LogP contribution in [0.4, 0.5) is 14.7 Å². The Bertz CT molecular complexity index is 1210. The lowest BCUT2D eigenvalue weighted by Crippen LogP contribution is -2.24. The van der Waals surface area contributed by atoms with E-state index in [0.717, 1.165) is 40.6 Å². The molecule has 7 nitrogen and oxygen atoms in total. The summed E-state index contributed by atoms with van der Waals surface area (Å²) >= 11 is 0. The van der Waals surface area contributed by atoms with Gasteiger partial charge >= 0.3 is 0 Å². The van der Waals surface area contributed by atoms with Gasteiger partial charge in [0.15, 0.2) is 0 Å². The average Bonchev–Trinajstić information content (AvgIpc) is 3.27. The number of rotatable bonds is 7. The quantitative estimate of drug-likeness (QED) is 0.452. The summed E-state index contributed by atoms with van der Waals surface area (Å²) in [5.41, 5.74) is 4.36. The highest BCUT2D eigenvalue weighted by Gasteiger charge is 2.18. The number of halogens is 2. The molecule has 0 unspecified atom stereocenters. The van der Waals surface area contributed by atoms with Crippen LogP contribution >= 0.6 is 0 Å². The maximum Gasteiger partial charge on any atom is 0.266 e. The van der Waals surface area contributed by atoms with Crippen molar-refractivity contribution < 1.29 is 8.78 Å². The number of nitrogens with zero attached hydrogens (tertiary/aromatic N) is 7. The lowest BCUT2D eigenvalue weighted by Gasteiger charge is -2.22. The molecule has 1 radical (unpaired) electrons. The first-order valence-corrected chi connectivity index (χ1v) is 10.1. The number of hydrogen-bond acceptors (Lipinski definition) is 5. The fraction of sp³-hybridized carbons (Fsp3) is 0.318. The molecule has 0 aliphatic heterocycles. The van der Waals surface area contributed by atoms with Crippen molar-refractivity contribution in [1.82, 2.24) is 29.8 Å². The predicted octanol–water partition coefficient (Wildman–Crippen LogP) is 3.75. The number of anilines is 1. The van der Waals surface area contributed by atoms with E-state index in [-0.39, 0.29) is 6.54 Å². The van der Waals surface area contributed by atoms with Crippen LogP contribution in [0, 0.1) is 25.5 Å². The van der Waals surface area contributed by atoms with E-state index in [4.69, 9.17) is 4.98 Å². The Morgan fingerprint density at radius 3 is 2.42 bits per heavy atom. The van der Waals surface area contributed by atoms with Crippen LogP contribution in [-0.2, 0) is 33.1 Å². The highest BCUT2D eigenvalue weighted by atomic mass is 19.1. The molecular weight excluding hydrogens is 400 g/mol. The highest BCUT2D eigenvalue weighted by molar-refractivity contribution is 5.79. The Balaban J connectivity index is 1.75. The summed E-state index contributed by atoms with van der Waals surface area (Å²) in [6.07, 6.45) is 0.509. The van der Waals surface area contributed by atoms with Crippen molar-refractivity contribution in [2.45, 2.75) is 39.9 Å². The van der Waals surface area contributed by atoms with Gasteiger partial charge in [-0.1, -0.05) is 5.10 Å². The minimum atomic E-state index is -0.625. The Hall–Kier alpha value is -3.36. The molecule has 0 amide bonds. The largest absolute Gasteiger partial charge is 0.330 e. The van der Waals surface area contributed by atoms with Crippen LogP contribution in [0.15, 0.2) is 30.3 Å². The van der Waals surface area contributed by atoms with Crippen LogP contribution in [-0.4, -0.2) is 29.8 Å². The van der Waals surface area contributed by atoms with Gasteiger partial charge in [-0.2, -0.15) is 4.80 Å². The molecule has 0 spiro atoms. The monoisotopic (exact) mass is 424 g/mol. The minimum absolute atomic E-state index is 0.212. The molecule has 31 heavy (non-hydrogen) atoms. The van der Waals surface area contributed by atoms with E-state index >= 15 is 0 Å². The van der Waals surface area contributed by atoms with E-state index in [2.05, 4.69) is 52.9 Å². The van der Waals surface area contributed by atoms with Crippen LogP contribution in [0.3, 0.4) is 0 Å². The van der Waals surface area contributed by atoms with Crippen molar-refractivity contribution in [2.75, 3.05) is 4.90 Å². The van der Waals surface area contributed by atoms with Crippen molar-refractivity contribution in [3.63, 3.8) is 0 Å². The standard InChI is InChI=1S/C22H24F2N7/c1-5-20-17(10-16-7-14(3)31(6-2)21(16)25-20)13-30(22-26-28-29(4)27-22)12-15-8-18(23)11-19(24)9-15/h7-11H,1,5-6,12-13H2,2-4H3. The van der Waals surface area contributed by atoms with E-state index in [9.17, 15) is 8.78 Å². The molecule has 0 aliphatic rings. The fourth-order valence-electron chi connectivity index (χ4n) is 3.87. The molecule has 0 bridgehead atoms. The Morgan fingerprint density at radius 2 is 1.81 bits per heavy atom. The van der Waals surface area contributed by atoms with Crippen molar-refractivity contribution in [1.29, 1.82) is 0 Å². The van der Waals surface area contributed by atoms with Gasteiger partial charge in [-0.05, 0) is 67.8 Å². The van der Waals surface area contributed by atoms with Gasteiger partial charge in [0.2, 0.25) is 0 Å². The van der Waals surface area contributed by atoms with Crippen LogP contribution in [0.2, 0.25) is 0 Å². The van der Waals surface area contributed by atoms with Gasteiger partial charge in [0, 0.05) is 42.5 Å². The molecule has 4 aromatic rings. The maximum absolute atomic E-state index is 13.8. The summed E-state index contributed by atoms with van der Waals surface area (Å²) < 4.78 is 29.7. The van der Waals surface area contributed by atoms with E-state index in [1.165, 1.54) is 16.9 Å². The summed E-state index contributed by atoms with van der Waals surface area (Å²) in [6.45, 7) is 9.63. The lowest BCUT2D eigenvalue weighted by atomic mass is 10.1. The van der Waals surface area contributed by atoms with E-state index in [0.29, 0.717) is 24.5 Å². The topological polar surface area (TPSA) is 64.7 Å². The average molecular weight is 424 g/mol. The number of fused-ring (bicyclic) bond motifs is 1. The summed E-state index contributed by atoms with van der Waals surface area (Å²) in [7, 11) is 1.67. The molecule has 0 N–H and O–H groups in total. The first-order chi connectivity index (χ1) is 14.9. The molecule has 0 fully saturated rings. The number of tetrazole rings is 1. The van der Waals surface area contributed by atoms with Crippen LogP contribution in [0.5, 0.6) is 0 Å². The SMILES string of the molecule is [CH2]Cc1nc2c(cc1CN(Cc1cc(F)cc(F)c1)c1nnn(C)n1)cc(C)n2CC. The normalized spacial score (nSPS) is 11.4. The number of aromatic nitrogens is 6. The second kappa shape index (κ2) is 8.41. The second-order valence-electron chi connectivity index (χ2n) is 7.50. The summed E-state index contributed by atoms with van der Waals surface area (Å²) in [5, 5.41) is 13.3. The summed E-state index contributed by atoms with van der Waals surface area (Å²) in [4.78, 5) is 8.04. The van der Waals surface area contributed by atoms with Crippen molar-refractivity contribution in [2.24, 2.45) is 7.05 Å². The fourth-order valence-corrected chi connectivity index (χ4v) is 3.87. The van der Waals surface area contributed by atoms with Crippen LogP contribution < -0.4 is 4.90 Å². The molecule has 3 aromatic heterocycles. The van der Waals surface area contributed by atoms with Gasteiger partial charge in [-0.3, -0.25) is 0 Å². The number of hydrogen-bond donors (Lipinski definition) is 0. The minimum Gasteiger partial charge on any atom is -0.330 e. The van der Waals surface area contributed by atoms with E-state index in [1.807, 2.05) is 4.90 Å². The lowest BCUT2D eigenvalue weighted by molar-refractivity contribution is 0.578. The van der Waals surface area contributed by atoms with Crippen molar-refractivity contribution >= 4 is 17.0 Å². The zero-order valence-electron chi connectivity index (χ0n) is 17.8. The van der Waals surface area contributed by atoms with E-state index in [1.54, 1.807) is 7.05 Å². The molecule has 0 aliphatic carbocycles. The van der Waals surface area contributed by atoms with Gasteiger partial charge in [0.1, 0.15) is 17.3 Å². The van der Waals surface area contributed by atoms with Gasteiger partial charge in [-0.25, -0.2) is 13.8 Å². The predicted molar refractivity (Wildman–Crippen MR) is 114 cm³/mol. The summed E-state index contributed by atoms with van der Waals surface area (Å²) in [6, 6.07) is 7.67. The molecule has 9 heteroatoms. The molecule has 0 atom stereocenters. The van der Waals surface area contributed by atoms with Crippen LogP contribution in [0.25, 0.3) is 11.0 Å². The van der Waals surface area contributed by atoms with Crippen molar-refractivity contribution in [3.05, 3.63) is 71.4 Å². The zero-order valence-corrected chi connectivity index (χ0v) is 17.8. The molecular formula is C22H24F2N7. The molecule has 1 aromatic carbocycles. The summed E-state index contributed by atoms with van der Waals surface area (Å²) in [5.74, 6) is -0.885. The molecule has 3 heterocycles. The Labute approximate surface area is 179 Å². The Morgan fingerprint density at radius 1 is 1.06 bits per heavy atom. The number of aryl methyl sites for hydroxylation is 3. The smallest absolute Gasteiger partial charge is 0.266 e. The molecule has 0 saturated heterocycles. The van der Waals surface area contributed by atoms with Crippen LogP contribution in [0.1, 0.15) is 29.4 Å². The highest BCUT2D eigenvalue weighted by Crippen LogP contribution is 2.24. The number of pyridine rings is 1. The second-order valence-corrected chi connectivity index (χ2v) is 7.50. The zero-order chi connectivity index (χ0) is 22.1. The number of benzene rings is 1. The molecule has 4 rings (SSSR count). The third-order valence-corrected chi connectivity index (χ3v) is 5.24. The molecule has 0 saturated carbocycles. The Kier molecular flexibility index (Phi) is 5.67. The molecule has 161 valence electrons.